The van der Waals surface area contributed by atoms with E-state index in [4.69, 9.17) is 5.73 Å². The van der Waals surface area contributed by atoms with Crippen LogP contribution >= 0.6 is 0 Å². The number of likely N-dealkylation sites (tertiary alicyclic amines) is 1. The molecule has 20 heavy (non-hydrogen) atoms. The number of hydrogen-bond donors (Lipinski definition) is 2. The van der Waals surface area contributed by atoms with E-state index in [0.717, 1.165) is 38.4 Å². The molecule has 2 atom stereocenters. The summed E-state index contributed by atoms with van der Waals surface area (Å²) in [5, 5.41) is 3.05. The van der Waals surface area contributed by atoms with Gasteiger partial charge in [-0.15, -0.1) is 0 Å². The lowest BCUT2D eigenvalue weighted by Gasteiger charge is -2.39. The monoisotopic (exact) mass is 283 g/mol. The fourth-order valence-corrected chi connectivity index (χ4v) is 2.92. The van der Waals surface area contributed by atoms with E-state index in [9.17, 15) is 4.79 Å². The van der Waals surface area contributed by atoms with E-state index < -0.39 is 0 Å². The van der Waals surface area contributed by atoms with Crippen molar-refractivity contribution in [2.75, 3.05) is 19.6 Å². The Labute approximate surface area is 124 Å². The Morgan fingerprint density at radius 1 is 1.35 bits per heavy atom. The zero-order valence-electron chi connectivity index (χ0n) is 13.7. The van der Waals surface area contributed by atoms with E-state index in [1.807, 2.05) is 0 Å². The third-order valence-corrected chi connectivity index (χ3v) is 4.48. The van der Waals surface area contributed by atoms with Crippen molar-refractivity contribution < 1.29 is 4.79 Å². The number of nitrogens with two attached hydrogens (primary N) is 1. The van der Waals surface area contributed by atoms with Crippen LogP contribution in [0.15, 0.2) is 0 Å². The van der Waals surface area contributed by atoms with Crippen molar-refractivity contribution in [3.8, 4) is 0 Å². The minimum absolute atomic E-state index is 0.00266. The fourth-order valence-electron chi connectivity index (χ4n) is 2.92. The van der Waals surface area contributed by atoms with Crippen molar-refractivity contribution in [3.05, 3.63) is 0 Å². The molecule has 0 aromatic carbocycles. The fraction of sp³-hybridized carbons (Fsp3) is 0.938. The van der Waals surface area contributed by atoms with Gasteiger partial charge in [0.2, 0.25) is 5.91 Å². The lowest BCUT2D eigenvalue weighted by molar-refractivity contribution is -0.122. The lowest BCUT2D eigenvalue weighted by Crippen LogP contribution is -2.51. The van der Waals surface area contributed by atoms with Gasteiger partial charge in [-0.1, -0.05) is 34.1 Å². The molecule has 118 valence electrons. The minimum atomic E-state index is -0.353. The summed E-state index contributed by atoms with van der Waals surface area (Å²) < 4.78 is 0. The second-order valence-electron chi connectivity index (χ2n) is 6.67. The predicted molar refractivity (Wildman–Crippen MR) is 84.5 cm³/mol. The third kappa shape index (κ3) is 5.41. The van der Waals surface area contributed by atoms with Crippen LogP contribution in [0, 0.1) is 11.8 Å². The number of amides is 1. The molecule has 0 aliphatic carbocycles. The number of carbonyl (C=O) groups is 1. The predicted octanol–water partition coefficient (Wildman–Crippen LogP) is 1.99. The number of nitrogens with zero attached hydrogens (tertiary/aromatic N) is 1. The van der Waals surface area contributed by atoms with Crippen LogP contribution < -0.4 is 11.1 Å². The highest BCUT2D eigenvalue weighted by atomic mass is 16.2. The summed E-state index contributed by atoms with van der Waals surface area (Å²) in [7, 11) is 0. The molecule has 2 unspecified atom stereocenters. The molecule has 0 radical (unpaired) electrons. The Bertz CT molecular complexity index is 285. The van der Waals surface area contributed by atoms with Crippen LogP contribution in [0.25, 0.3) is 0 Å². The van der Waals surface area contributed by atoms with E-state index in [1.165, 1.54) is 12.8 Å². The van der Waals surface area contributed by atoms with Crippen LogP contribution in [0.4, 0.5) is 0 Å². The Balaban J connectivity index is 2.45. The van der Waals surface area contributed by atoms with Crippen molar-refractivity contribution in [2.24, 2.45) is 17.6 Å². The summed E-state index contributed by atoms with van der Waals surface area (Å²) in [6, 6.07) is 0.0782. The Hall–Kier alpha value is -0.610. The second-order valence-corrected chi connectivity index (χ2v) is 6.67. The van der Waals surface area contributed by atoms with Crippen LogP contribution in [0.1, 0.15) is 53.4 Å². The van der Waals surface area contributed by atoms with Gasteiger partial charge in [0, 0.05) is 12.6 Å². The summed E-state index contributed by atoms with van der Waals surface area (Å²) in [6.45, 7) is 11.9. The molecule has 1 amide bonds. The quantitative estimate of drug-likeness (QED) is 0.751. The molecule has 0 spiro atoms. The first-order valence-corrected chi connectivity index (χ1v) is 8.23. The van der Waals surface area contributed by atoms with Crippen LogP contribution in [-0.2, 0) is 4.79 Å². The first kappa shape index (κ1) is 17.4. The SMILES string of the molecule is CCCC(N)C(=O)NCC(C(C)C)N1CCC(C)CC1. The summed E-state index contributed by atoms with van der Waals surface area (Å²) in [5.74, 6) is 1.39. The van der Waals surface area contributed by atoms with Gasteiger partial charge in [-0.3, -0.25) is 9.69 Å². The average Bonchev–Trinajstić information content (AvgIpc) is 2.40. The van der Waals surface area contributed by atoms with Gasteiger partial charge < -0.3 is 11.1 Å². The molecule has 4 nitrogen and oxygen atoms in total. The Kier molecular flexibility index (Phi) is 7.52. The highest BCUT2D eigenvalue weighted by Crippen LogP contribution is 2.21. The zero-order valence-corrected chi connectivity index (χ0v) is 13.7. The van der Waals surface area contributed by atoms with Crippen molar-refractivity contribution in [3.63, 3.8) is 0 Å². The molecule has 1 saturated heterocycles. The molecule has 4 heteroatoms. The normalized spacial score (nSPS) is 20.9. The zero-order chi connectivity index (χ0) is 15.1. The van der Waals surface area contributed by atoms with Crippen LogP contribution in [0.5, 0.6) is 0 Å². The first-order valence-electron chi connectivity index (χ1n) is 8.23. The smallest absolute Gasteiger partial charge is 0.236 e. The maximum atomic E-state index is 11.9. The summed E-state index contributed by atoms with van der Waals surface area (Å²) >= 11 is 0. The highest BCUT2D eigenvalue weighted by Gasteiger charge is 2.26. The van der Waals surface area contributed by atoms with Gasteiger partial charge >= 0.3 is 0 Å². The van der Waals surface area contributed by atoms with Crippen molar-refractivity contribution in [1.82, 2.24) is 10.2 Å². The molecule has 1 fully saturated rings. The molecule has 1 heterocycles. The average molecular weight is 283 g/mol. The molecule has 3 N–H and O–H groups in total. The maximum Gasteiger partial charge on any atom is 0.236 e. The van der Waals surface area contributed by atoms with Gasteiger partial charge in [0.15, 0.2) is 0 Å². The van der Waals surface area contributed by atoms with Gasteiger partial charge in [-0.2, -0.15) is 0 Å². The molecule has 0 aromatic heterocycles. The molecule has 0 bridgehead atoms. The molecule has 0 aromatic rings. The summed E-state index contributed by atoms with van der Waals surface area (Å²) in [5.41, 5.74) is 5.86. The highest BCUT2D eigenvalue weighted by molar-refractivity contribution is 5.81. The van der Waals surface area contributed by atoms with E-state index in [2.05, 4.69) is 37.9 Å². The van der Waals surface area contributed by atoms with Crippen LogP contribution in [0.3, 0.4) is 0 Å². The number of hydrogen-bond acceptors (Lipinski definition) is 3. The number of piperidine rings is 1. The third-order valence-electron chi connectivity index (χ3n) is 4.48. The van der Waals surface area contributed by atoms with Crippen molar-refractivity contribution >= 4 is 5.91 Å². The van der Waals surface area contributed by atoms with Crippen LogP contribution in [0.2, 0.25) is 0 Å². The topological polar surface area (TPSA) is 58.4 Å². The molecule has 1 aliphatic heterocycles. The summed E-state index contributed by atoms with van der Waals surface area (Å²) in [4.78, 5) is 14.5. The van der Waals surface area contributed by atoms with E-state index in [1.54, 1.807) is 0 Å². The molecule has 1 aliphatic rings. The molecule has 1 rings (SSSR count). The lowest BCUT2D eigenvalue weighted by atomic mass is 9.94. The largest absolute Gasteiger partial charge is 0.353 e. The van der Waals surface area contributed by atoms with Gasteiger partial charge in [0.05, 0.1) is 6.04 Å². The number of rotatable bonds is 7. The van der Waals surface area contributed by atoms with Gasteiger partial charge in [-0.25, -0.2) is 0 Å². The minimum Gasteiger partial charge on any atom is -0.353 e. The van der Waals surface area contributed by atoms with Gasteiger partial charge in [0.1, 0.15) is 0 Å². The Morgan fingerprint density at radius 3 is 2.45 bits per heavy atom. The summed E-state index contributed by atoms with van der Waals surface area (Å²) in [6.07, 6.45) is 4.25. The molecule has 0 saturated carbocycles. The van der Waals surface area contributed by atoms with Crippen molar-refractivity contribution in [2.45, 2.75) is 65.5 Å². The van der Waals surface area contributed by atoms with Crippen molar-refractivity contribution in [1.29, 1.82) is 0 Å². The first-order chi connectivity index (χ1) is 9.45. The maximum absolute atomic E-state index is 11.9. The second kappa shape index (κ2) is 8.63. The van der Waals surface area contributed by atoms with Gasteiger partial charge in [-0.05, 0) is 44.2 Å². The standard InChI is InChI=1S/C16H33N3O/c1-5-6-14(17)16(20)18-11-15(12(2)3)19-9-7-13(4)8-10-19/h12-15H,5-11,17H2,1-4H3,(H,18,20). The Morgan fingerprint density at radius 2 is 1.95 bits per heavy atom. The van der Waals surface area contributed by atoms with E-state index >= 15 is 0 Å². The van der Waals surface area contributed by atoms with E-state index in [0.29, 0.717) is 12.0 Å². The number of nitrogens with one attached hydrogen (secondary N) is 1. The van der Waals surface area contributed by atoms with Gasteiger partial charge in [0.25, 0.3) is 0 Å². The number of carbonyl (C=O) groups excluding carboxylic acids is 1. The molecular formula is C16H33N3O. The van der Waals surface area contributed by atoms with E-state index in [-0.39, 0.29) is 11.9 Å². The van der Waals surface area contributed by atoms with Crippen LogP contribution in [-0.4, -0.2) is 42.5 Å². The molecular weight excluding hydrogens is 250 g/mol.